The molecule has 4 heteroatoms. The van der Waals surface area contributed by atoms with E-state index in [-0.39, 0.29) is 11.7 Å². The Morgan fingerprint density at radius 2 is 1.57 bits per heavy atom. The lowest BCUT2D eigenvalue weighted by Crippen LogP contribution is -2.33. The smallest absolute Gasteiger partial charge is 0.340 e. The van der Waals surface area contributed by atoms with E-state index in [4.69, 9.17) is 9.47 Å². The first-order valence-corrected chi connectivity index (χ1v) is 9.05. The Kier molecular flexibility index (Phi) is 2.80. The molecule has 2 heterocycles. The molecule has 1 unspecified atom stereocenters. The number of aromatic hydroxyl groups is 1. The summed E-state index contributed by atoms with van der Waals surface area (Å²) in [4.78, 5) is 12.8. The predicted molar refractivity (Wildman–Crippen MR) is 104 cm³/mol. The number of phenolic OH excluding ortho intramolecular Hbond substituents is 1. The Hall–Kier alpha value is -3.79. The highest BCUT2D eigenvalue weighted by Crippen LogP contribution is 2.57. The van der Waals surface area contributed by atoms with Crippen LogP contribution in [0.4, 0.5) is 0 Å². The van der Waals surface area contributed by atoms with Crippen molar-refractivity contribution < 1.29 is 19.4 Å². The Morgan fingerprint density at radius 3 is 2.50 bits per heavy atom. The molecule has 4 aromatic rings. The van der Waals surface area contributed by atoms with Crippen molar-refractivity contribution in [2.75, 3.05) is 0 Å². The van der Waals surface area contributed by atoms with Crippen molar-refractivity contribution in [1.82, 2.24) is 0 Å². The summed E-state index contributed by atoms with van der Waals surface area (Å²) >= 11 is 0. The van der Waals surface area contributed by atoms with Gasteiger partial charge in [0.2, 0.25) is 0 Å². The Bertz CT molecular complexity index is 1310. The van der Waals surface area contributed by atoms with E-state index in [0.29, 0.717) is 22.6 Å². The van der Waals surface area contributed by atoms with E-state index in [1.165, 1.54) is 0 Å². The van der Waals surface area contributed by atoms with Crippen molar-refractivity contribution in [2.24, 2.45) is 0 Å². The van der Waals surface area contributed by atoms with Crippen molar-refractivity contribution in [1.29, 1.82) is 0 Å². The molecule has 0 aromatic heterocycles. The summed E-state index contributed by atoms with van der Waals surface area (Å²) in [5, 5.41) is 12.0. The Morgan fingerprint density at radius 1 is 0.786 bits per heavy atom. The van der Waals surface area contributed by atoms with Gasteiger partial charge >= 0.3 is 5.97 Å². The molecule has 6 rings (SSSR count). The zero-order chi connectivity index (χ0) is 18.9. The zero-order valence-electron chi connectivity index (χ0n) is 14.7. The van der Waals surface area contributed by atoms with Crippen LogP contribution in [-0.2, 0) is 10.3 Å². The maximum Gasteiger partial charge on any atom is 0.340 e. The molecule has 134 valence electrons. The van der Waals surface area contributed by atoms with Crippen LogP contribution in [0.1, 0.15) is 27.0 Å². The number of carbonyl (C=O) groups excluding carboxylic acids is 1. The molecule has 0 saturated heterocycles. The van der Waals surface area contributed by atoms with Crippen molar-refractivity contribution >= 4 is 16.7 Å². The zero-order valence-corrected chi connectivity index (χ0v) is 14.7. The van der Waals surface area contributed by atoms with Gasteiger partial charge in [-0.25, -0.2) is 4.79 Å². The lowest BCUT2D eigenvalue weighted by Gasteiger charge is -2.37. The van der Waals surface area contributed by atoms with Gasteiger partial charge in [0.25, 0.3) is 0 Å². The van der Waals surface area contributed by atoms with Gasteiger partial charge in [-0.2, -0.15) is 0 Å². The quantitative estimate of drug-likeness (QED) is 0.439. The SMILES string of the molecule is O=C1OC2(c3ccc(O)cc3Oc3c2ccc2ccccc32)c2ccccc21. The third kappa shape index (κ3) is 1.77. The van der Waals surface area contributed by atoms with Crippen LogP contribution in [0.5, 0.6) is 17.2 Å². The highest BCUT2D eigenvalue weighted by molar-refractivity contribution is 5.98. The molecule has 1 spiro atoms. The summed E-state index contributed by atoms with van der Waals surface area (Å²) in [5.74, 6) is 0.847. The van der Waals surface area contributed by atoms with Crippen LogP contribution in [-0.4, -0.2) is 11.1 Å². The molecule has 28 heavy (non-hydrogen) atoms. The van der Waals surface area contributed by atoms with Crippen molar-refractivity contribution in [3.8, 4) is 17.2 Å². The van der Waals surface area contributed by atoms with Gasteiger partial charge in [-0.1, -0.05) is 48.5 Å². The minimum absolute atomic E-state index is 0.0928. The van der Waals surface area contributed by atoms with Gasteiger partial charge in [-0.05, 0) is 29.7 Å². The Labute approximate surface area is 160 Å². The molecular weight excluding hydrogens is 352 g/mol. The number of phenols is 1. The summed E-state index contributed by atoms with van der Waals surface area (Å²) in [6, 6.07) is 24.2. The van der Waals surface area contributed by atoms with Crippen molar-refractivity contribution in [3.63, 3.8) is 0 Å². The monoisotopic (exact) mass is 366 g/mol. The summed E-state index contributed by atoms with van der Waals surface area (Å²) in [5.41, 5.74) is 1.71. The number of esters is 1. The van der Waals surface area contributed by atoms with Crippen LogP contribution in [0.15, 0.2) is 78.9 Å². The van der Waals surface area contributed by atoms with Gasteiger partial charge in [0.1, 0.15) is 17.2 Å². The lowest BCUT2D eigenvalue weighted by atomic mass is 9.77. The molecule has 4 nitrogen and oxygen atoms in total. The molecule has 1 N–H and O–H groups in total. The third-order valence-electron chi connectivity index (χ3n) is 5.59. The molecule has 0 bridgehead atoms. The van der Waals surface area contributed by atoms with Gasteiger partial charge < -0.3 is 14.6 Å². The predicted octanol–water partition coefficient (Wildman–Crippen LogP) is 5.11. The fourth-order valence-electron chi connectivity index (χ4n) is 4.39. The highest BCUT2D eigenvalue weighted by Gasteiger charge is 2.53. The topological polar surface area (TPSA) is 55.8 Å². The number of hydrogen-bond donors (Lipinski definition) is 1. The van der Waals surface area contributed by atoms with Crippen LogP contribution in [0.2, 0.25) is 0 Å². The van der Waals surface area contributed by atoms with Gasteiger partial charge in [0.15, 0.2) is 5.60 Å². The first-order chi connectivity index (χ1) is 13.7. The number of hydrogen-bond acceptors (Lipinski definition) is 4. The second kappa shape index (κ2) is 5.14. The van der Waals surface area contributed by atoms with E-state index in [1.54, 1.807) is 24.3 Å². The van der Waals surface area contributed by atoms with Crippen LogP contribution in [0.3, 0.4) is 0 Å². The Balaban J connectivity index is 1.78. The van der Waals surface area contributed by atoms with E-state index < -0.39 is 5.60 Å². The number of carbonyl (C=O) groups is 1. The maximum absolute atomic E-state index is 12.8. The minimum Gasteiger partial charge on any atom is -0.508 e. The van der Waals surface area contributed by atoms with Gasteiger partial charge in [0, 0.05) is 28.1 Å². The van der Waals surface area contributed by atoms with E-state index in [9.17, 15) is 9.90 Å². The highest BCUT2D eigenvalue weighted by atomic mass is 16.6. The van der Waals surface area contributed by atoms with E-state index in [2.05, 4.69) is 0 Å². The number of fused-ring (bicyclic) bond motifs is 8. The third-order valence-corrected chi connectivity index (χ3v) is 5.59. The normalized spacial score (nSPS) is 18.9. The molecule has 0 amide bonds. The molecule has 0 radical (unpaired) electrons. The second-order valence-electron chi connectivity index (χ2n) is 7.06. The molecule has 4 aromatic carbocycles. The van der Waals surface area contributed by atoms with Gasteiger partial charge in [-0.15, -0.1) is 0 Å². The first-order valence-electron chi connectivity index (χ1n) is 9.05. The average molecular weight is 366 g/mol. The van der Waals surface area contributed by atoms with E-state index >= 15 is 0 Å². The molecule has 0 aliphatic carbocycles. The van der Waals surface area contributed by atoms with E-state index in [0.717, 1.165) is 21.9 Å². The fraction of sp³-hybridized carbons (Fsp3) is 0.0417. The molecule has 0 fully saturated rings. The number of benzene rings is 4. The fourth-order valence-corrected chi connectivity index (χ4v) is 4.39. The van der Waals surface area contributed by atoms with Crippen molar-refractivity contribution in [3.05, 3.63) is 101 Å². The van der Waals surface area contributed by atoms with E-state index in [1.807, 2.05) is 54.6 Å². The first kappa shape index (κ1) is 15.3. The number of ether oxygens (including phenoxy) is 2. The molecule has 2 aliphatic heterocycles. The average Bonchev–Trinajstić information content (AvgIpc) is 3.01. The van der Waals surface area contributed by atoms with Crippen LogP contribution >= 0.6 is 0 Å². The molecule has 1 atom stereocenters. The van der Waals surface area contributed by atoms with Crippen molar-refractivity contribution in [2.45, 2.75) is 5.60 Å². The molecular formula is C24H14O4. The van der Waals surface area contributed by atoms with Gasteiger partial charge in [0.05, 0.1) is 5.56 Å². The summed E-state index contributed by atoms with van der Waals surface area (Å²) in [7, 11) is 0. The largest absolute Gasteiger partial charge is 0.508 e. The standard InChI is InChI=1S/C24H14O4/c25-15-10-12-19-21(13-15)27-22-16-6-2-1-5-14(16)9-11-20(22)24(19)18-8-4-3-7-17(18)23(26)28-24/h1-13,25H. The molecule has 2 aliphatic rings. The van der Waals surface area contributed by atoms with Gasteiger partial charge in [-0.3, -0.25) is 0 Å². The number of rotatable bonds is 0. The van der Waals surface area contributed by atoms with Crippen LogP contribution < -0.4 is 4.74 Å². The second-order valence-corrected chi connectivity index (χ2v) is 7.06. The maximum atomic E-state index is 12.8. The summed E-state index contributed by atoms with van der Waals surface area (Å²) in [6.07, 6.45) is 0. The van der Waals surface area contributed by atoms with Crippen LogP contribution in [0, 0.1) is 0 Å². The lowest BCUT2D eigenvalue weighted by molar-refractivity contribution is 0.0225. The summed E-state index contributed by atoms with van der Waals surface area (Å²) < 4.78 is 12.4. The minimum atomic E-state index is -1.10. The summed E-state index contributed by atoms with van der Waals surface area (Å²) in [6.45, 7) is 0. The molecule has 0 saturated carbocycles. The van der Waals surface area contributed by atoms with Crippen LogP contribution in [0.25, 0.3) is 10.8 Å².